The number of halogens is 3. The Morgan fingerprint density at radius 2 is 1.95 bits per heavy atom. The van der Waals surface area contributed by atoms with Gasteiger partial charge in [0.2, 0.25) is 0 Å². The van der Waals surface area contributed by atoms with Crippen molar-refractivity contribution >= 4 is 17.7 Å². The van der Waals surface area contributed by atoms with Gasteiger partial charge in [-0.3, -0.25) is 4.79 Å². The number of hydrogen-bond donors (Lipinski definition) is 2. The molecule has 0 atom stereocenters. The molecule has 0 radical (unpaired) electrons. The van der Waals surface area contributed by atoms with E-state index in [2.05, 4.69) is 10.3 Å². The van der Waals surface area contributed by atoms with Gasteiger partial charge < -0.3 is 14.8 Å². The molecule has 2 rings (SSSR count). The number of benzene rings is 1. The van der Waals surface area contributed by atoms with Crippen molar-refractivity contribution in [2.45, 2.75) is 12.6 Å². The van der Waals surface area contributed by atoms with Gasteiger partial charge in [0.25, 0.3) is 6.01 Å². The first-order valence-electron chi connectivity index (χ1n) is 5.45. The number of aliphatic carboxylic acids is 1. The highest BCUT2D eigenvalue weighted by Gasteiger charge is 2.29. The standard InChI is InChI=1S/C12H9F3N2O3/c13-12(14,15)7-1-3-8(4-2-7)16-11-17-9(6-20-11)5-10(18)19/h1-4,6H,5H2,(H,16,17)(H,18,19). The summed E-state index contributed by atoms with van der Waals surface area (Å²) in [5, 5.41) is 11.2. The second kappa shape index (κ2) is 5.24. The second-order valence-corrected chi connectivity index (χ2v) is 3.91. The molecule has 106 valence electrons. The van der Waals surface area contributed by atoms with Crippen molar-refractivity contribution in [3.8, 4) is 0 Å². The van der Waals surface area contributed by atoms with E-state index in [9.17, 15) is 18.0 Å². The third-order valence-electron chi connectivity index (χ3n) is 2.35. The van der Waals surface area contributed by atoms with Gasteiger partial charge in [0.15, 0.2) is 0 Å². The number of nitrogens with one attached hydrogen (secondary N) is 1. The summed E-state index contributed by atoms with van der Waals surface area (Å²) in [4.78, 5) is 14.3. The van der Waals surface area contributed by atoms with Crippen molar-refractivity contribution < 1.29 is 27.5 Å². The van der Waals surface area contributed by atoms with Crippen molar-refractivity contribution in [2.75, 3.05) is 5.32 Å². The molecule has 0 spiro atoms. The molecule has 0 bridgehead atoms. The predicted octanol–water partition coefficient (Wildman–Crippen LogP) is 3.06. The van der Waals surface area contributed by atoms with E-state index < -0.39 is 17.7 Å². The highest BCUT2D eigenvalue weighted by atomic mass is 19.4. The number of carboxylic acid groups (broad SMARTS) is 1. The predicted molar refractivity (Wildman–Crippen MR) is 62.6 cm³/mol. The van der Waals surface area contributed by atoms with Crippen molar-refractivity contribution in [2.24, 2.45) is 0 Å². The van der Waals surface area contributed by atoms with Gasteiger partial charge in [0.1, 0.15) is 6.26 Å². The van der Waals surface area contributed by atoms with Gasteiger partial charge in [-0.2, -0.15) is 18.2 Å². The van der Waals surface area contributed by atoms with Crippen LogP contribution in [0.25, 0.3) is 0 Å². The van der Waals surface area contributed by atoms with Crippen molar-refractivity contribution in [3.05, 3.63) is 41.8 Å². The lowest BCUT2D eigenvalue weighted by Crippen LogP contribution is -2.04. The van der Waals surface area contributed by atoms with E-state index in [4.69, 9.17) is 9.52 Å². The summed E-state index contributed by atoms with van der Waals surface area (Å²) in [5.74, 6) is -1.06. The first kappa shape index (κ1) is 13.9. The van der Waals surface area contributed by atoms with Gasteiger partial charge in [-0.15, -0.1) is 0 Å². The average Bonchev–Trinajstić information content (AvgIpc) is 2.75. The second-order valence-electron chi connectivity index (χ2n) is 3.91. The van der Waals surface area contributed by atoms with E-state index in [1.54, 1.807) is 0 Å². The van der Waals surface area contributed by atoms with Gasteiger partial charge >= 0.3 is 12.1 Å². The normalized spacial score (nSPS) is 11.3. The summed E-state index contributed by atoms with van der Waals surface area (Å²) in [7, 11) is 0. The molecule has 1 aromatic carbocycles. The highest BCUT2D eigenvalue weighted by molar-refractivity contribution is 5.69. The van der Waals surface area contributed by atoms with Crippen LogP contribution in [0.1, 0.15) is 11.3 Å². The molecule has 5 nitrogen and oxygen atoms in total. The maximum atomic E-state index is 12.4. The summed E-state index contributed by atoms with van der Waals surface area (Å²) in [6.07, 6.45) is -3.52. The minimum atomic E-state index is -4.39. The summed E-state index contributed by atoms with van der Waals surface area (Å²) >= 11 is 0. The van der Waals surface area contributed by atoms with E-state index in [1.807, 2.05) is 0 Å². The zero-order valence-electron chi connectivity index (χ0n) is 9.94. The Kier molecular flexibility index (Phi) is 3.64. The number of aromatic nitrogens is 1. The minimum absolute atomic E-state index is 0.0148. The van der Waals surface area contributed by atoms with E-state index >= 15 is 0 Å². The van der Waals surface area contributed by atoms with Crippen molar-refractivity contribution in [3.63, 3.8) is 0 Å². The molecule has 1 heterocycles. The lowest BCUT2D eigenvalue weighted by Gasteiger charge is -2.07. The molecule has 0 aliphatic carbocycles. The lowest BCUT2D eigenvalue weighted by molar-refractivity contribution is -0.138. The van der Waals surface area contributed by atoms with Crippen LogP contribution in [-0.2, 0) is 17.4 Å². The molecule has 2 aromatic rings. The summed E-state index contributed by atoms with van der Waals surface area (Å²) in [5.41, 5.74) is -0.198. The zero-order chi connectivity index (χ0) is 14.8. The van der Waals surface area contributed by atoms with Crippen LogP contribution in [0.5, 0.6) is 0 Å². The molecule has 20 heavy (non-hydrogen) atoms. The Bertz CT molecular complexity index is 605. The number of anilines is 2. The molecule has 1 aromatic heterocycles. The maximum absolute atomic E-state index is 12.4. The van der Waals surface area contributed by atoms with Crippen LogP contribution < -0.4 is 5.32 Å². The Labute approximate surface area is 111 Å². The van der Waals surface area contributed by atoms with E-state index in [0.717, 1.165) is 12.1 Å². The van der Waals surface area contributed by atoms with Crippen LogP contribution in [0.3, 0.4) is 0 Å². The number of nitrogens with zero attached hydrogens (tertiary/aromatic N) is 1. The number of rotatable bonds is 4. The maximum Gasteiger partial charge on any atom is 0.416 e. The van der Waals surface area contributed by atoms with Crippen LogP contribution in [0.15, 0.2) is 34.9 Å². The van der Waals surface area contributed by atoms with E-state index in [0.29, 0.717) is 5.69 Å². The van der Waals surface area contributed by atoms with Crippen molar-refractivity contribution in [1.29, 1.82) is 0 Å². The van der Waals surface area contributed by atoms with Crippen LogP contribution in [0.2, 0.25) is 0 Å². The first-order chi connectivity index (χ1) is 9.34. The molecule has 0 saturated heterocycles. The van der Waals surface area contributed by atoms with Crippen LogP contribution in [0.4, 0.5) is 24.9 Å². The van der Waals surface area contributed by atoms with Crippen molar-refractivity contribution in [1.82, 2.24) is 4.98 Å². The molecule has 0 amide bonds. The van der Waals surface area contributed by atoms with E-state index in [1.165, 1.54) is 18.4 Å². The van der Waals surface area contributed by atoms with Gasteiger partial charge in [-0.25, -0.2) is 0 Å². The summed E-state index contributed by atoms with van der Waals surface area (Å²) in [6, 6.07) is 4.31. The minimum Gasteiger partial charge on any atom is -0.481 e. The molecule has 0 aliphatic rings. The SMILES string of the molecule is O=C(O)Cc1coc(Nc2ccc(C(F)(F)F)cc2)n1. The summed E-state index contributed by atoms with van der Waals surface area (Å²) in [6.45, 7) is 0. The molecule has 2 N–H and O–H groups in total. The van der Waals surface area contributed by atoms with Gasteiger partial charge in [-0.1, -0.05) is 0 Å². The van der Waals surface area contributed by atoms with Gasteiger partial charge in [0, 0.05) is 5.69 Å². The fourth-order valence-electron chi connectivity index (χ4n) is 1.47. The molecule has 0 fully saturated rings. The molecule has 0 unspecified atom stereocenters. The number of alkyl halides is 3. The van der Waals surface area contributed by atoms with Gasteiger partial charge in [0.05, 0.1) is 17.7 Å². The third kappa shape index (κ3) is 3.50. The zero-order valence-corrected chi connectivity index (χ0v) is 9.94. The van der Waals surface area contributed by atoms with Crippen LogP contribution in [0, 0.1) is 0 Å². The largest absolute Gasteiger partial charge is 0.481 e. The van der Waals surface area contributed by atoms with Crippen LogP contribution in [-0.4, -0.2) is 16.1 Å². The molecule has 0 saturated carbocycles. The van der Waals surface area contributed by atoms with Gasteiger partial charge in [-0.05, 0) is 24.3 Å². The number of carboxylic acids is 1. The van der Waals surface area contributed by atoms with E-state index in [-0.39, 0.29) is 18.1 Å². The molecule has 0 aliphatic heterocycles. The lowest BCUT2D eigenvalue weighted by atomic mass is 10.2. The Morgan fingerprint density at radius 3 is 2.50 bits per heavy atom. The molecule has 8 heteroatoms. The highest BCUT2D eigenvalue weighted by Crippen LogP contribution is 2.30. The Hall–Kier alpha value is -2.51. The molecular weight excluding hydrogens is 277 g/mol. The fraction of sp³-hybridized carbons (Fsp3) is 0.167. The number of carbonyl (C=O) groups is 1. The monoisotopic (exact) mass is 286 g/mol. The number of hydrogen-bond acceptors (Lipinski definition) is 4. The fourth-order valence-corrected chi connectivity index (χ4v) is 1.47. The summed E-state index contributed by atoms with van der Waals surface area (Å²) < 4.78 is 42.1. The third-order valence-corrected chi connectivity index (χ3v) is 2.35. The average molecular weight is 286 g/mol. The smallest absolute Gasteiger partial charge is 0.416 e. The Morgan fingerprint density at radius 1 is 1.30 bits per heavy atom. The topological polar surface area (TPSA) is 75.4 Å². The molecular formula is C12H9F3N2O3. The van der Waals surface area contributed by atoms with Crippen LogP contribution >= 0.6 is 0 Å². The Balaban J connectivity index is 2.06. The first-order valence-corrected chi connectivity index (χ1v) is 5.45. The number of oxazole rings is 1. The quantitative estimate of drug-likeness (QED) is 0.903.